The highest BCUT2D eigenvalue weighted by Crippen LogP contribution is 2.62. The third-order valence-corrected chi connectivity index (χ3v) is 9.36. The molecule has 5 unspecified atom stereocenters. The molecule has 2 aliphatic heterocycles. The summed E-state index contributed by atoms with van der Waals surface area (Å²) in [4.78, 5) is 15.3. The van der Waals surface area contributed by atoms with Gasteiger partial charge in [0.2, 0.25) is 0 Å². The fraction of sp³-hybridized carbons (Fsp3) is 0.469. The molecule has 0 aromatic heterocycles. The third kappa shape index (κ3) is 3.68. The first-order chi connectivity index (χ1) is 18.1. The highest BCUT2D eigenvalue weighted by atomic mass is 16.7. The van der Waals surface area contributed by atoms with Gasteiger partial charge in [0.05, 0.1) is 13.7 Å². The molecule has 5 aliphatic rings. The molecule has 0 saturated carbocycles. The van der Waals surface area contributed by atoms with Crippen LogP contribution in [-0.2, 0) is 34.2 Å². The van der Waals surface area contributed by atoms with Gasteiger partial charge < -0.3 is 23.8 Å². The highest BCUT2D eigenvalue weighted by molar-refractivity contribution is 5.64. The Labute approximate surface area is 225 Å². The number of hydrogen-bond donors (Lipinski definition) is 0. The zero-order valence-corrected chi connectivity index (χ0v) is 21.4. The topological polar surface area (TPSA) is 57.2 Å². The molecule has 2 heterocycles. The molecule has 2 aromatic carbocycles. The Morgan fingerprint density at radius 1 is 1.13 bits per heavy atom. The summed E-state index contributed by atoms with van der Waals surface area (Å²) in [7, 11) is 3.90. The number of carbonyl (C=O) groups excluding carboxylic acids is 1. The van der Waals surface area contributed by atoms with Crippen LogP contribution in [0.15, 0.2) is 60.2 Å². The summed E-state index contributed by atoms with van der Waals surface area (Å²) in [5, 5.41) is 0. The lowest BCUT2D eigenvalue weighted by Gasteiger charge is -2.56. The Hall–Kier alpha value is -3.25. The van der Waals surface area contributed by atoms with Gasteiger partial charge in [-0.1, -0.05) is 55.5 Å². The van der Waals surface area contributed by atoms with E-state index in [2.05, 4.69) is 54.4 Å². The fourth-order valence-electron chi connectivity index (χ4n) is 7.57. The molecule has 0 N–H and O–H groups in total. The van der Waals surface area contributed by atoms with Gasteiger partial charge in [0, 0.05) is 29.4 Å². The van der Waals surface area contributed by atoms with Crippen molar-refractivity contribution in [3.8, 4) is 11.5 Å². The van der Waals surface area contributed by atoms with E-state index in [0.717, 1.165) is 50.1 Å². The first-order valence-electron chi connectivity index (χ1n) is 13.4. The minimum atomic E-state index is -0.631. The number of piperidine rings is 1. The van der Waals surface area contributed by atoms with E-state index in [1.165, 1.54) is 27.8 Å². The summed E-state index contributed by atoms with van der Waals surface area (Å²) >= 11 is 0. The van der Waals surface area contributed by atoms with E-state index in [1.54, 1.807) is 7.11 Å². The number of likely N-dealkylation sites (N-methyl/N-ethyl adjacent to an activating group) is 1. The first-order valence-corrected chi connectivity index (χ1v) is 13.4. The summed E-state index contributed by atoms with van der Waals surface area (Å²) in [6, 6.07) is 13.1. The lowest BCUT2D eigenvalue weighted by Crippen LogP contribution is -2.65. The Kier molecular flexibility index (Phi) is 6.26. The maximum atomic E-state index is 12.8. The van der Waals surface area contributed by atoms with Crippen molar-refractivity contribution in [3.05, 3.63) is 82.5 Å². The summed E-state index contributed by atoms with van der Waals surface area (Å²) in [5.74, 6) is 1.89. The number of benzene rings is 2. The van der Waals surface area contributed by atoms with Crippen LogP contribution in [0.25, 0.3) is 0 Å². The SMILES string of the molecule is C.COc1ccc2c3c1OC1C(OC(=O)OCCC4=CCc5ccccc5C4)C=CC4C(C2)N(C)CCC341. The second-order valence-electron chi connectivity index (χ2n) is 11.1. The van der Waals surface area contributed by atoms with Gasteiger partial charge in [0.25, 0.3) is 0 Å². The maximum Gasteiger partial charge on any atom is 0.509 e. The number of carbonyl (C=O) groups is 1. The first kappa shape index (κ1) is 25.1. The molecule has 6 heteroatoms. The van der Waals surface area contributed by atoms with Gasteiger partial charge in [-0.25, -0.2) is 4.79 Å². The van der Waals surface area contributed by atoms with E-state index in [1.807, 2.05) is 12.1 Å². The molecule has 0 amide bonds. The Balaban J connectivity index is 0.00000264. The molecule has 5 atom stereocenters. The number of ether oxygens (including phenoxy) is 4. The average Bonchev–Trinajstić information content (AvgIpc) is 3.27. The van der Waals surface area contributed by atoms with Crippen LogP contribution >= 0.6 is 0 Å². The minimum absolute atomic E-state index is 0. The van der Waals surface area contributed by atoms with Crippen molar-refractivity contribution < 1.29 is 23.7 Å². The molecule has 3 aliphatic carbocycles. The van der Waals surface area contributed by atoms with Crippen LogP contribution in [0.5, 0.6) is 11.5 Å². The number of fused-ring (bicyclic) bond motifs is 1. The minimum Gasteiger partial charge on any atom is -0.493 e. The van der Waals surface area contributed by atoms with Gasteiger partial charge in [-0.05, 0) is 68.1 Å². The normalized spacial score (nSPS) is 29.7. The van der Waals surface area contributed by atoms with Crippen LogP contribution in [0.4, 0.5) is 4.79 Å². The van der Waals surface area contributed by atoms with Crippen LogP contribution in [0, 0.1) is 5.92 Å². The van der Waals surface area contributed by atoms with Crippen LogP contribution < -0.4 is 9.47 Å². The zero-order valence-electron chi connectivity index (χ0n) is 21.4. The van der Waals surface area contributed by atoms with Crippen molar-refractivity contribution >= 4 is 6.16 Å². The van der Waals surface area contributed by atoms with E-state index >= 15 is 0 Å². The second-order valence-corrected chi connectivity index (χ2v) is 11.1. The number of rotatable bonds is 5. The van der Waals surface area contributed by atoms with Crippen LogP contribution in [0.3, 0.4) is 0 Å². The lowest BCUT2D eigenvalue weighted by molar-refractivity contribution is -0.0631. The van der Waals surface area contributed by atoms with Crippen molar-refractivity contribution in [1.29, 1.82) is 0 Å². The molecule has 38 heavy (non-hydrogen) atoms. The molecule has 6 nitrogen and oxygen atoms in total. The molecular formula is C32H37NO5. The quantitative estimate of drug-likeness (QED) is 0.392. The van der Waals surface area contributed by atoms with Gasteiger partial charge in [0.15, 0.2) is 17.6 Å². The van der Waals surface area contributed by atoms with Gasteiger partial charge in [-0.2, -0.15) is 0 Å². The molecule has 200 valence electrons. The molecule has 1 fully saturated rings. The van der Waals surface area contributed by atoms with Gasteiger partial charge in [-0.15, -0.1) is 0 Å². The average molecular weight is 516 g/mol. The van der Waals surface area contributed by atoms with Crippen LogP contribution in [0.2, 0.25) is 0 Å². The fourth-order valence-corrected chi connectivity index (χ4v) is 7.57. The third-order valence-electron chi connectivity index (χ3n) is 9.36. The van der Waals surface area contributed by atoms with E-state index in [-0.39, 0.29) is 18.9 Å². The van der Waals surface area contributed by atoms with Crippen LogP contribution in [0.1, 0.15) is 42.5 Å². The summed E-state index contributed by atoms with van der Waals surface area (Å²) < 4.78 is 23.8. The molecule has 7 rings (SSSR count). The monoisotopic (exact) mass is 515 g/mol. The molecule has 1 spiro atoms. The Bertz CT molecular complexity index is 1310. The second kappa shape index (κ2) is 9.49. The summed E-state index contributed by atoms with van der Waals surface area (Å²) in [6.45, 7) is 1.30. The molecule has 1 saturated heterocycles. The van der Waals surface area contributed by atoms with Gasteiger partial charge >= 0.3 is 6.16 Å². The molecule has 2 aromatic rings. The van der Waals surface area contributed by atoms with Gasteiger partial charge in [0.1, 0.15) is 6.10 Å². The summed E-state index contributed by atoms with van der Waals surface area (Å²) in [6.07, 6.45) is 9.64. The van der Waals surface area contributed by atoms with Crippen molar-refractivity contribution in [2.45, 2.75) is 63.2 Å². The van der Waals surface area contributed by atoms with E-state index in [9.17, 15) is 4.79 Å². The largest absolute Gasteiger partial charge is 0.509 e. The number of likely N-dealkylation sites (tertiary alicyclic amines) is 1. The van der Waals surface area contributed by atoms with Crippen molar-refractivity contribution in [1.82, 2.24) is 4.90 Å². The molecular weight excluding hydrogens is 478 g/mol. The number of methoxy groups -OCH3 is 1. The number of nitrogens with zero attached hydrogens (tertiary/aromatic N) is 1. The predicted octanol–water partition coefficient (Wildman–Crippen LogP) is 5.41. The standard InChI is InChI=1S/C31H33NO5.CH4/c1-32-15-14-31-23-10-12-26(29(31)37-28-25(34-2)11-9-22(27(28)31)18-24(23)32)36-30(33)35-16-13-19-7-8-20-5-3-4-6-21(20)17-19;/h3-7,9-12,23-24,26,29H,8,13-18H2,1-2H3;1H4. The van der Waals surface area contributed by atoms with Gasteiger partial charge in [-0.3, -0.25) is 0 Å². The lowest BCUT2D eigenvalue weighted by atomic mass is 9.53. The smallest absolute Gasteiger partial charge is 0.493 e. The Morgan fingerprint density at radius 2 is 1.97 bits per heavy atom. The number of allylic oxidation sites excluding steroid dienone is 1. The van der Waals surface area contributed by atoms with Crippen molar-refractivity contribution in [3.63, 3.8) is 0 Å². The predicted molar refractivity (Wildman–Crippen MR) is 146 cm³/mol. The van der Waals surface area contributed by atoms with Crippen molar-refractivity contribution in [2.24, 2.45) is 5.92 Å². The molecule has 0 radical (unpaired) electrons. The van der Waals surface area contributed by atoms with E-state index < -0.39 is 12.3 Å². The van der Waals surface area contributed by atoms with Crippen LogP contribution in [-0.4, -0.2) is 56.6 Å². The van der Waals surface area contributed by atoms with E-state index in [0.29, 0.717) is 18.6 Å². The molecule has 2 bridgehead atoms. The van der Waals surface area contributed by atoms with Crippen molar-refractivity contribution in [2.75, 3.05) is 27.3 Å². The summed E-state index contributed by atoms with van der Waals surface area (Å²) in [5.41, 5.74) is 6.42. The highest BCUT2D eigenvalue weighted by Gasteiger charge is 2.65. The maximum absolute atomic E-state index is 12.8. The zero-order chi connectivity index (χ0) is 25.1. The Morgan fingerprint density at radius 3 is 2.82 bits per heavy atom. The van der Waals surface area contributed by atoms with E-state index in [4.69, 9.17) is 18.9 Å². The number of hydrogen-bond acceptors (Lipinski definition) is 6.